The molecule has 3 aliphatic heterocycles. The third kappa shape index (κ3) is 3.68. The lowest BCUT2D eigenvalue weighted by atomic mass is 10.0. The monoisotopic (exact) mass is 398 g/mol. The Kier molecular flexibility index (Phi) is 4.87. The van der Waals surface area contributed by atoms with Crippen LogP contribution in [-0.2, 0) is 4.74 Å². The first kappa shape index (κ1) is 18.1. The van der Waals surface area contributed by atoms with Gasteiger partial charge in [0.2, 0.25) is 13.6 Å². The maximum Gasteiger partial charge on any atom is 0.251 e. The van der Waals surface area contributed by atoms with Crippen molar-refractivity contribution in [3.05, 3.63) is 47.5 Å². The topological polar surface area (TPSA) is 78.5 Å². The molecule has 1 N–H and O–H groups in total. The fourth-order valence-electron chi connectivity index (χ4n) is 3.80. The SMILES string of the molecule is O=C(NC[C@H](c1ccc2c(c1)OCO2)N1CCOCC1)c1ccc2c(c1)OCO2. The number of nitrogens with zero attached hydrogens (tertiary/aromatic N) is 1. The van der Waals surface area contributed by atoms with Crippen molar-refractivity contribution in [2.75, 3.05) is 46.4 Å². The van der Waals surface area contributed by atoms with Gasteiger partial charge in [-0.1, -0.05) is 6.07 Å². The number of nitrogens with one attached hydrogen (secondary N) is 1. The maximum atomic E-state index is 12.8. The first-order valence-corrected chi connectivity index (χ1v) is 9.67. The zero-order valence-electron chi connectivity index (χ0n) is 15.9. The van der Waals surface area contributed by atoms with Crippen LogP contribution in [0.3, 0.4) is 0 Å². The highest BCUT2D eigenvalue weighted by atomic mass is 16.7. The zero-order chi connectivity index (χ0) is 19.6. The quantitative estimate of drug-likeness (QED) is 0.825. The zero-order valence-corrected chi connectivity index (χ0v) is 15.9. The van der Waals surface area contributed by atoms with E-state index < -0.39 is 0 Å². The van der Waals surface area contributed by atoms with Gasteiger partial charge in [0.25, 0.3) is 5.91 Å². The van der Waals surface area contributed by atoms with E-state index in [1.165, 1.54) is 0 Å². The lowest BCUT2D eigenvalue weighted by Crippen LogP contribution is -2.43. The molecule has 0 aliphatic carbocycles. The van der Waals surface area contributed by atoms with Gasteiger partial charge < -0.3 is 29.0 Å². The normalized spacial score (nSPS) is 18.5. The molecule has 0 saturated carbocycles. The van der Waals surface area contributed by atoms with Crippen molar-refractivity contribution in [3.8, 4) is 23.0 Å². The smallest absolute Gasteiger partial charge is 0.251 e. The number of carbonyl (C=O) groups excluding carboxylic acids is 1. The Labute approximate surface area is 168 Å². The second kappa shape index (κ2) is 7.81. The Morgan fingerprint density at radius 1 is 0.897 bits per heavy atom. The Bertz CT molecular complexity index is 912. The largest absolute Gasteiger partial charge is 0.454 e. The summed E-state index contributed by atoms with van der Waals surface area (Å²) < 4.78 is 27.1. The van der Waals surface area contributed by atoms with Gasteiger partial charge in [0.05, 0.1) is 19.3 Å². The molecule has 2 aromatic carbocycles. The lowest BCUT2D eigenvalue weighted by Gasteiger charge is -2.35. The molecule has 0 spiro atoms. The molecule has 1 fully saturated rings. The Morgan fingerprint density at radius 2 is 1.55 bits per heavy atom. The molecular formula is C21H22N2O6. The van der Waals surface area contributed by atoms with E-state index in [-0.39, 0.29) is 25.5 Å². The standard InChI is InChI=1S/C21H22N2O6/c24-21(15-2-4-18-20(10-15)29-13-27-18)22-11-16(23-5-7-25-8-6-23)14-1-3-17-19(9-14)28-12-26-17/h1-4,9-10,16H,5-8,11-13H2,(H,22,24)/t16-/m1/s1. The van der Waals surface area contributed by atoms with Crippen LogP contribution < -0.4 is 24.3 Å². The molecule has 5 rings (SSSR count). The highest BCUT2D eigenvalue weighted by Gasteiger charge is 2.26. The molecule has 0 bridgehead atoms. The van der Waals surface area contributed by atoms with Crippen LogP contribution in [0.5, 0.6) is 23.0 Å². The van der Waals surface area contributed by atoms with Crippen LogP contribution >= 0.6 is 0 Å². The minimum absolute atomic E-state index is 0.00589. The summed E-state index contributed by atoms with van der Waals surface area (Å²) in [7, 11) is 0. The molecule has 3 aliphatic rings. The molecule has 0 aromatic heterocycles. The van der Waals surface area contributed by atoms with Gasteiger partial charge in [-0.15, -0.1) is 0 Å². The van der Waals surface area contributed by atoms with Crippen molar-refractivity contribution in [3.63, 3.8) is 0 Å². The third-order valence-electron chi connectivity index (χ3n) is 5.36. The molecule has 8 nitrogen and oxygen atoms in total. The van der Waals surface area contributed by atoms with Gasteiger partial charge in [-0.05, 0) is 35.9 Å². The average molecular weight is 398 g/mol. The van der Waals surface area contributed by atoms with Crippen molar-refractivity contribution in [2.24, 2.45) is 0 Å². The summed E-state index contributed by atoms with van der Waals surface area (Å²) in [6.45, 7) is 3.85. The summed E-state index contributed by atoms with van der Waals surface area (Å²) in [6.07, 6.45) is 0. The van der Waals surface area contributed by atoms with Crippen LogP contribution in [0.25, 0.3) is 0 Å². The number of amides is 1. The molecular weight excluding hydrogens is 376 g/mol. The summed E-state index contributed by atoms with van der Waals surface area (Å²) in [5.74, 6) is 2.59. The van der Waals surface area contributed by atoms with Crippen molar-refractivity contribution < 1.29 is 28.5 Å². The van der Waals surface area contributed by atoms with Crippen LogP contribution in [0.4, 0.5) is 0 Å². The van der Waals surface area contributed by atoms with Crippen LogP contribution in [0.1, 0.15) is 22.0 Å². The Balaban J connectivity index is 1.33. The van der Waals surface area contributed by atoms with Crippen LogP contribution in [0.15, 0.2) is 36.4 Å². The number of ether oxygens (including phenoxy) is 5. The molecule has 0 radical (unpaired) electrons. The number of hydrogen-bond acceptors (Lipinski definition) is 7. The summed E-state index contributed by atoms with van der Waals surface area (Å²) in [5, 5.41) is 3.06. The van der Waals surface area contributed by atoms with Crippen LogP contribution in [-0.4, -0.2) is 57.2 Å². The minimum Gasteiger partial charge on any atom is -0.454 e. The highest BCUT2D eigenvalue weighted by molar-refractivity contribution is 5.95. The number of fused-ring (bicyclic) bond motifs is 2. The summed E-state index contributed by atoms with van der Waals surface area (Å²) in [4.78, 5) is 15.1. The van der Waals surface area contributed by atoms with Gasteiger partial charge in [-0.3, -0.25) is 9.69 Å². The molecule has 152 valence electrons. The van der Waals surface area contributed by atoms with Crippen LogP contribution in [0.2, 0.25) is 0 Å². The van der Waals surface area contributed by atoms with Crippen molar-refractivity contribution in [1.82, 2.24) is 10.2 Å². The van der Waals surface area contributed by atoms with E-state index in [0.717, 1.165) is 30.2 Å². The molecule has 1 amide bonds. The molecule has 29 heavy (non-hydrogen) atoms. The predicted octanol–water partition coefficient (Wildman–Crippen LogP) is 1.95. The van der Waals surface area contributed by atoms with Crippen molar-refractivity contribution in [1.29, 1.82) is 0 Å². The molecule has 0 unspecified atom stereocenters. The molecule has 2 aromatic rings. The minimum atomic E-state index is -0.151. The van der Waals surface area contributed by atoms with Crippen molar-refractivity contribution in [2.45, 2.75) is 6.04 Å². The van der Waals surface area contributed by atoms with E-state index in [0.29, 0.717) is 36.8 Å². The van der Waals surface area contributed by atoms with Gasteiger partial charge in [0.1, 0.15) is 0 Å². The number of rotatable bonds is 5. The fourth-order valence-corrected chi connectivity index (χ4v) is 3.80. The molecule has 3 heterocycles. The van der Waals surface area contributed by atoms with Gasteiger partial charge in [-0.25, -0.2) is 0 Å². The van der Waals surface area contributed by atoms with E-state index in [1.807, 2.05) is 18.2 Å². The average Bonchev–Trinajstić information content (AvgIpc) is 3.42. The third-order valence-corrected chi connectivity index (χ3v) is 5.36. The fraction of sp³-hybridized carbons (Fsp3) is 0.381. The molecule has 1 saturated heterocycles. The lowest BCUT2D eigenvalue weighted by molar-refractivity contribution is 0.0162. The highest BCUT2D eigenvalue weighted by Crippen LogP contribution is 2.36. The van der Waals surface area contributed by atoms with E-state index in [4.69, 9.17) is 23.7 Å². The number of hydrogen-bond donors (Lipinski definition) is 1. The number of morpholine rings is 1. The van der Waals surface area contributed by atoms with E-state index in [9.17, 15) is 4.79 Å². The summed E-state index contributed by atoms with van der Waals surface area (Å²) in [6, 6.07) is 11.2. The summed E-state index contributed by atoms with van der Waals surface area (Å²) in [5.41, 5.74) is 1.61. The number of benzene rings is 2. The van der Waals surface area contributed by atoms with Crippen molar-refractivity contribution >= 4 is 5.91 Å². The van der Waals surface area contributed by atoms with E-state index in [2.05, 4.69) is 10.2 Å². The van der Waals surface area contributed by atoms with E-state index >= 15 is 0 Å². The number of carbonyl (C=O) groups is 1. The van der Waals surface area contributed by atoms with Gasteiger partial charge in [-0.2, -0.15) is 0 Å². The van der Waals surface area contributed by atoms with E-state index in [1.54, 1.807) is 18.2 Å². The second-order valence-corrected chi connectivity index (χ2v) is 7.05. The molecule has 1 atom stereocenters. The predicted molar refractivity (Wildman–Crippen MR) is 103 cm³/mol. The Hall–Kier alpha value is -2.97. The van der Waals surface area contributed by atoms with Gasteiger partial charge >= 0.3 is 0 Å². The summed E-state index contributed by atoms with van der Waals surface area (Å²) >= 11 is 0. The Morgan fingerprint density at radius 3 is 2.31 bits per heavy atom. The first-order valence-electron chi connectivity index (χ1n) is 9.67. The maximum absolute atomic E-state index is 12.8. The van der Waals surface area contributed by atoms with Gasteiger partial charge in [0, 0.05) is 25.2 Å². The first-order chi connectivity index (χ1) is 14.3. The van der Waals surface area contributed by atoms with Gasteiger partial charge in [0.15, 0.2) is 23.0 Å². The molecule has 8 heteroatoms. The second-order valence-electron chi connectivity index (χ2n) is 7.05. The van der Waals surface area contributed by atoms with Crippen LogP contribution in [0, 0.1) is 0 Å².